The molecule has 3 heterocycles. The number of carbonyl (C=O) groups is 1. The number of hydrogen-bond acceptors (Lipinski definition) is 5. The van der Waals surface area contributed by atoms with Crippen molar-refractivity contribution in [3.05, 3.63) is 59.4 Å². The van der Waals surface area contributed by atoms with E-state index in [0.717, 1.165) is 23.5 Å². The molecule has 0 saturated heterocycles. The molecule has 0 spiro atoms. The summed E-state index contributed by atoms with van der Waals surface area (Å²) in [6.07, 6.45) is 4.41. The van der Waals surface area contributed by atoms with Crippen LogP contribution in [0.2, 0.25) is 0 Å². The zero-order valence-electron chi connectivity index (χ0n) is 12.3. The molecule has 9 heteroatoms. The van der Waals surface area contributed by atoms with Crippen molar-refractivity contribution in [1.29, 1.82) is 0 Å². The standard InChI is InChI=1S/C16H8F2N4O2S/c17-8-1-2-9(11(18)5-8)14-10-6-12(16(23)24)25-15(10)22(21-14)13-7-19-3-4-20-13/h1-7H,(H,23,24). The van der Waals surface area contributed by atoms with Gasteiger partial charge in [0.2, 0.25) is 0 Å². The average Bonchev–Trinajstić information content (AvgIpc) is 3.15. The van der Waals surface area contributed by atoms with Gasteiger partial charge in [-0.15, -0.1) is 11.3 Å². The highest BCUT2D eigenvalue weighted by atomic mass is 32.1. The van der Waals surface area contributed by atoms with Crippen molar-refractivity contribution in [2.75, 3.05) is 0 Å². The third-order valence-electron chi connectivity index (χ3n) is 3.52. The number of aromatic carboxylic acids is 1. The van der Waals surface area contributed by atoms with Crippen LogP contribution < -0.4 is 0 Å². The number of nitrogens with zero attached hydrogens (tertiary/aromatic N) is 4. The van der Waals surface area contributed by atoms with Gasteiger partial charge in [0.1, 0.15) is 27.0 Å². The van der Waals surface area contributed by atoms with Crippen LogP contribution >= 0.6 is 11.3 Å². The molecular formula is C16H8F2N4O2S. The smallest absolute Gasteiger partial charge is 0.345 e. The van der Waals surface area contributed by atoms with Crippen molar-refractivity contribution in [3.8, 4) is 17.1 Å². The first-order valence-corrected chi connectivity index (χ1v) is 7.84. The Hall–Kier alpha value is -3.20. The summed E-state index contributed by atoms with van der Waals surface area (Å²) in [7, 11) is 0. The maximum absolute atomic E-state index is 14.2. The first-order valence-electron chi connectivity index (χ1n) is 7.02. The highest BCUT2D eigenvalue weighted by Crippen LogP contribution is 2.36. The van der Waals surface area contributed by atoms with E-state index in [-0.39, 0.29) is 16.1 Å². The van der Waals surface area contributed by atoms with E-state index < -0.39 is 17.6 Å². The molecule has 6 nitrogen and oxygen atoms in total. The Morgan fingerprint density at radius 2 is 2.04 bits per heavy atom. The van der Waals surface area contributed by atoms with E-state index in [9.17, 15) is 18.7 Å². The molecule has 0 saturated carbocycles. The SMILES string of the molecule is O=C(O)c1cc2c(-c3ccc(F)cc3F)nn(-c3cnccn3)c2s1. The molecule has 124 valence electrons. The van der Waals surface area contributed by atoms with Crippen LogP contribution in [0.4, 0.5) is 8.78 Å². The Kier molecular flexibility index (Phi) is 3.50. The summed E-state index contributed by atoms with van der Waals surface area (Å²) in [5, 5.41) is 14.0. The third kappa shape index (κ3) is 2.54. The number of thiophene rings is 1. The van der Waals surface area contributed by atoms with Crippen LogP contribution in [0.25, 0.3) is 27.3 Å². The van der Waals surface area contributed by atoms with Crippen LogP contribution in [0.15, 0.2) is 42.9 Å². The van der Waals surface area contributed by atoms with Gasteiger partial charge in [-0.3, -0.25) is 4.98 Å². The summed E-state index contributed by atoms with van der Waals surface area (Å²) >= 11 is 0.988. The minimum Gasteiger partial charge on any atom is -0.477 e. The Morgan fingerprint density at radius 1 is 1.20 bits per heavy atom. The molecular weight excluding hydrogens is 350 g/mol. The van der Waals surface area contributed by atoms with Gasteiger partial charge in [0.05, 0.1) is 6.20 Å². The highest BCUT2D eigenvalue weighted by Gasteiger charge is 2.22. The second-order valence-corrected chi connectivity index (χ2v) is 6.11. The molecule has 0 bridgehead atoms. The summed E-state index contributed by atoms with van der Waals surface area (Å²) in [5.41, 5.74) is 0.283. The Morgan fingerprint density at radius 3 is 2.72 bits per heavy atom. The number of carboxylic acids is 1. The monoisotopic (exact) mass is 358 g/mol. The lowest BCUT2D eigenvalue weighted by molar-refractivity contribution is 0.0702. The van der Waals surface area contributed by atoms with Crippen molar-refractivity contribution >= 4 is 27.5 Å². The second kappa shape index (κ2) is 5.71. The van der Waals surface area contributed by atoms with E-state index in [4.69, 9.17) is 0 Å². The van der Waals surface area contributed by atoms with Gasteiger partial charge in [0.25, 0.3) is 0 Å². The predicted molar refractivity (Wildman–Crippen MR) is 86.8 cm³/mol. The first-order chi connectivity index (χ1) is 12.0. The van der Waals surface area contributed by atoms with Crippen molar-refractivity contribution in [2.24, 2.45) is 0 Å². The fourth-order valence-electron chi connectivity index (χ4n) is 2.45. The molecule has 0 radical (unpaired) electrons. The Labute approximate surface area is 143 Å². The molecule has 0 atom stereocenters. The summed E-state index contributed by atoms with van der Waals surface area (Å²) in [6, 6.07) is 4.56. The molecule has 0 aliphatic heterocycles. The number of rotatable bonds is 3. The van der Waals surface area contributed by atoms with Gasteiger partial charge >= 0.3 is 5.97 Å². The lowest BCUT2D eigenvalue weighted by Gasteiger charge is -2.01. The largest absolute Gasteiger partial charge is 0.477 e. The number of hydrogen-bond donors (Lipinski definition) is 1. The summed E-state index contributed by atoms with van der Waals surface area (Å²) in [4.78, 5) is 20.0. The van der Waals surface area contributed by atoms with Crippen LogP contribution in [-0.2, 0) is 0 Å². The van der Waals surface area contributed by atoms with Crippen LogP contribution in [0.1, 0.15) is 9.67 Å². The van der Waals surface area contributed by atoms with Crippen molar-refractivity contribution in [1.82, 2.24) is 19.7 Å². The fourth-order valence-corrected chi connectivity index (χ4v) is 3.41. The quantitative estimate of drug-likeness (QED) is 0.606. The van der Waals surface area contributed by atoms with Crippen LogP contribution in [0.3, 0.4) is 0 Å². The molecule has 0 amide bonds. The molecule has 1 aromatic carbocycles. The van der Waals surface area contributed by atoms with E-state index in [1.165, 1.54) is 35.4 Å². The van der Waals surface area contributed by atoms with Gasteiger partial charge < -0.3 is 5.11 Å². The topological polar surface area (TPSA) is 80.9 Å². The maximum Gasteiger partial charge on any atom is 0.345 e. The molecule has 0 aliphatic rings. The summed E-state index contributed by atoms with van der Waals surface area (Å²) in [6.45, 7) is 0. The molecule has 4 aromatic rings. The minimum atomic E-state index is -1.10. The molecule has 0 unspecified atom stereocenters. The second-order valence-electron chi connectivity index (χ2n) is 5.08. The van der Waals surface area contributed by atoms with Crippen LogP contribution in [0.5, 0.6) is 0 Å². The minimum absolute atomic E-state index is 0.0729. The van der Waals surface area contributed by atoms with Gasteiger partial charge in [-0.05, 0) is 18.2 Å². The normalized spacial score (nSPS) is 11.1. The molecule has 3 aromatic heterocycles. The molecule has 1 N–H and O–H groups in total. The number of carboxylic acid groups (broad SMARTS) is 1. The van der Waals surface area contributed by atoms with Crippen molar-refractivity contribution in [3.63, 3.8) is 0 Å². The van der Waals surface area contributed by atoms with Crippen molar-refractivity contribution < 1.29 is 18.7 Å². The molecule has 4 rings (SSSR count). The molecule has 0 fully saturated rings. The third-order valence-corrected chi connectivity index (χ3v) is 4.62. The van der Waals surface area contributed by atoms with Gasteiger partial charge in [-0.2, -0.15) is 5.10 Å². The van der Waals surface area contributed by atoms with E-state index in [1.54, 1.807) is 0 Å². The molecule has 25 heavy (non-hydrogen) atoms. The zero-order chi connectivity index (χ0) is 17.6. The summed E-state index contributed by atoms with van der Waals surface area (Å²) < 4.78 is 28.8. The van der Waals surface area contributed by atoms with E-state index in [1.807, 2.05) is 0 Å². The number of aromatic nitrogens is 4. The van der Waals surface area contributed by atoms with Crippen LogP contribution in [0, 0.1) is 11.6 Å². The lowest BCUT2D eigenvalue weighted by atomic mass is 10.1. The van der Waals surface area contributed by atoms with E-state index in [2.05, 4.69) is 15.1 Å². The zero-order valence-corrected chi connectivity index (χ0v) is 13.2. The lowest BCUT2D eigenvalue weighted by Crippen LogP contribution is -2.00. The highest BCUT2D eigenvalue weighted by molar-refractivity contribution is 7.20. The number of fused-ring (bicyclic) bond motifs is 1. The first kappa shape index (κ1) is 15.3. The summed E-state index contributed by atoms with van der Waals surface area (Å²) in [5.74, 6) is -2.23. The van der Waals surface area contributed by atoms with E-state index >= 15 is 0 Å². The van der Waals surface area contributed by atoms with Crippen molar-refractivity contribution in [2.45, 2.75) is 0 Å². The fraction of sp³-hybridized carbons (Fsp3) is 0. The van der Waals surface area contributed by atoms with E-state index in [0.29, 0.717) is 16.0 Å². The van der Waals surface area contributed by atoms with Gasteiger partial charge in [0.15, 0.2) is 5.82 Å². The average molecular weight is 358 g/mol. The van der Waals surface area contributed by atoms with Crippen LogP contribution in [-0.4, -0.2) is 30.8 Å². The predicted octanol–water partition coefficient (Wildman–Crippen LogP) is 3.52. The number of halogens is 2. The Bertz CT molecular complexity index is 1110. The Balaban J connectivity index is 2.03. The van der Waals surface area contributed by atoms with Gasteiger partial charge in [-0.1, -0.05) is 0 Å². The van der Waals surface area contributed by atoms with Gasteiger partial charge in [0, 0.05) is 29.4 Å². The molecule has 0 aliphatic carbocycles. The van der Waals surface area contributed by atoms with Gasteiger partial charge in [-0.25, -0.2) is 23.2 Å². The maximum atomic E-state index is 14.2. The number of benzene rings is 1.